The summed E-state index contributed by atoms with van der Waals surface area (Å²) in [6.07, 6.45) is 3.02. The molecule has 0 saturated carbocycles. The van der Waals surface area contributed by atoms with E-state index in [0.29, 0.717) is 34.8 Å². The number of fused-ring (bicyclic) bond motifs is 1. The largest absolute Gasteiger partial charge is 0.508 e. The molecule has 8 nitrogen and oxygen atoms in total. The Morgan fingerprint density at radius 2 is 1.93 bits per heavy atom. The molecule has 0 aliphatic carbocycles. The smallest absolute Gasteiger partial charge is 0.154 e. The molecule has 0 radical (unpaired) electrons. The van der Waals surface area contributed by atoms with Gasteiger partial charge >= 0.3 is 0 Å². The summed E-state index contributed by atoms with van der Waals surface area (Å²) < 4.78 is 15.2. The molecule has 9 heteroatoms. The van der Waals surface area contributed by atoms with Crippen LogP contribution in [-0.2, 0) is 6.42 Å². The molecular formula is C21H21FN6O2. The molecule has 0 amide bonds. The van der Waals surface area contributed by atoms with Gasteiger partial charge in [-0.2, -0.15) is 0 Å². The number of anilines is 1. The van der Waals surface area contributed by atoms with Crippen molar-refractivity contribution in [2.75, 3.05) is 5.32 Å². The molecule has 154 valence electrons. The first-order chi connectivity index (χ1) is 14.4. The molecule has 0 bridgehead atoms. The van der Waals surface area contributed by atoms with Crippen LogP contribution in [0, 0.1) is 5.82 Å². The lowest BCUT2D eigenvalue weighted by Gasteiger charge is -2.16. The second-order valence-electron chi connectivity index (χ2n) is 7.15. The highest BCUT2D eigenvalue weighted by molar-refractivity contribution is 5.60. The van der Waals surface area contributed by atoms with E-state index in [2.05, 4.69) is 25.4 Å². The first-order valence-corrected chi connectivity index (χ1v) is 9.50. The normalized spacial score (nSPS) is 13.3. The van der Waals surface area contributed by atoms with E-state index < -0.39 is 11.9 Å². The van der Waals surface area contributed by atoms with Crippen molar-refractivity contribution < 1.29 is 14.6 Å². The van der Waals surface area contributed by atoms with E-state index in [1.54, 1.807) is 35.8 Å². The second kappa shape index (κ2) is 8.03. The number of phenols is 1. The van der Waals surface area contributed by atoms with Gasteiger partial charge in [-0.15, -0.1) is 5.10 Å². The fourth-order valence-electron chi connectivity index (χ4n) is 3.25. The lowest BCUT2D eigenvalue weighted by atomic mass is 10.1. The first-order valence-electron chi connectivity index (χ1n) is 9.50. The monoisotopic (exact) mass is 408 g/mol. The molecule has 0 aliphatic rings. The molecule has 0 spiro atoms. The number of hydrogen-bond acceptors (Lipinski definition) is 7. The van der Waals surface area contributed by atoms with Gasteiger partial charge in [-0.3, -0.25) is 0 Å². The molecule has 0 fully saturated rings. The van der Waals surface area contributed by atoms with Gasteiger partial charge in [-0.05, 0) is 50.2 Å². The molecule has 3 N–H and O–H groups in total. The van der Waals surface area contributed by atoms with Crippen molar-refractivity contribution in [3.05, 3.63) is 66.0 Å². The summed E-state index contributed by atoms with van der Waals surface area (Å²) in [7, 11) is 0. The van der Waals surface area contributed by atoms with Crippen LogP contribution in [0.4, 0.5) is 10.2 Å². The summed E-state index contributed by atoms with van der Waals surface area (Å²) in [6, 6.07) is 8.81. The van der Waals surface area contributed by atoms with Crippen molar-refractivity contribution >= 4 is 11.5 Å². The van der Waals surface area contributed by atoms with Gasteiger partial charge in [0, 0.05) is 17.7 Å². The van der Waals surface area contributed by atoms with Crippen LogP contribution in [0.1, 0.15) is 31.1 Å². The minimum atomic E-state index is -0.510. The van der Waals surface area contributed by atoms with Crippen molar-refractivity contribution in [3.8, 4) is 17.1 Å². The number of nitrogens with zero attached hydrogens (tertiary/aromatic N) is 5. The van der Waals surface area contributed by atoms with Gasteiger partial charge < -0.3 is 15.5 Å². The SMILES string of the molecule is C[C@H](O)Cc1cc(-c2cnc3ccc(N[C@H](C)c4cc(F)ccc4O)nn23)ncn1. The molecule has 0 unspecified atom stereocenters. The molecule has 2 atom stereocenters. The highest BCUT2D eigenvalue weighted by Gasteiger charge is 2.15. The lowest BCUT2D eigenvalue weighted by molar-refractivity contribution is 0.194. The number of aromatic hydroxyl groups is 1. The van der Waals surface area contributed by atoms with Gasteiger partial charge in [0.25, 0.3) is 0 Å². The number of benzene rings is 1. The Kier molecular flexibility index (Phi) is 5.28. The number of hydrogen-bond donors (Lipinski definition) is 3. The topological polar surface area (TPSA) is 108 Å². The van der Waals surface area contributed by atoms with Crippen LogP contribution < -0.4 is 5.32 Å². The van der Waals surface area contributed by atoms with Crippen molar-refractivity contribution in [3.63, 3.8) is 0 Å². The summed E-state index contributed by atoms with van der Waals surface area (Å²) in [4.78, 5) is 12.9. The van der Waals surface area contributed by atoms with Gasteiger partial charge in [-0.25, -0.2) is 23.9 Å². The summed E-state index contributed by atoms with van der Waals surface area (Å²) >= 11 is 0. The van der Waals surface area contributed by atoms with Crippen molar-refractivity contribution in [1.29, 1.82) is 0 Å². The summed E-state index contributed by atoms with van der Waals surface area (Å²) in [5.74, 6) is 0.108. The third kappa shape index (κ3) is 4.06. The molecule has 3 aromatic heterocycles. The average Bonchev–Trinajstić information content (AvgIpc) is 3.12. The first kappa shape index (κ1) is 19.7. The third-order valence-corrected chi connectivity index (χ3v) is 4.67. The van der Waals surface area contributed by atoms with E-state index >= 15 is 0 Å². The Morgan fingerprint density at radius 3 is 2.73 bits per heavy atom. The zero-order valence-corrected chi connectivity index (χ0v) is 16.5. The van der Waals surface area contributed by atoms with Gasteiger partial charge in [0.15, 0.2) is 5.65 Å². The average molecular weight is 408 g/mol. The Labute approximate surface area is 172 Å². The lowest BCUT2D eigenvalue weighted by Crippen LogP contribution is -2.10. The number of aromatic nitrogens is 5. The highest BCUT2D eigenvalue weighted by atomic mass is 19.1. The van der Waals surface area contributed by atoms with E-state index in [0.717, 1.165) is 5.69 Å². The van der Waals surface area contributed by atoms with Crippen molar-refractivity contribution in [1.82, 2.24) is 24.6 Å². The van der Waals surface area contributed by atoms with Crippen molar-refractivity contribution in [2.45, 2.75) is 32.4 Å². The van der Waals surface area contributed by atoms with E-state index in [9.17, 15) is 14.6 Å². The molecule has 0 aliphatic heterocycles. The Hall–Kier alpha value is -3.59. The molecule has 4 rings (SSSR count). The van der Waals surface area contributed by atoms with Crippen LogP contribution in [0.25, 0.3) is 17.0 Å². The van der Waals surface area contributed by atoms with E-state index in [1.807, 2.05) is 6.92 Å². The Morgan fingerprint density at radius 1 is 1.10 bits per heavy atom. The van der Waals surface area contributed by atoms with Crippen LogP contribution >= 0.6 is 0 Å². The maximum Gasteiger partial charge on any atom is 0.154 e. The van der Waals surface area contributed by atoms with E-state index in [1.165, 1.54) is 24.5 Å². The van der Waals surface area contributed by atoms with Gasteiger partial charge in [0.2, 0.25) is 0 Å². The van der Waals surface area contributed by atoms with Crippen LogP contribution in [0.5, 0.6) is 5.75 Å². The molecule has 1 aromatic carbocycles. The van der Waals surface area contributed by atoms with E-state index in [4.69, 9.17) is 0 Å². The fourth-order valence-corrected chi connectivity index (χ4v) is 3.25. The number of imidazole rings is 1. The number of phenolic OH excluding ortho intramolecular Hbond substituents is 1. The number of aliphatic hydroxyl groups is 1. The third-order valence-electron chi connectivity index (χ3n) is 4.67. The molecule has 30 heavy (non-hydrogen) atoms. The van der Waals surface area contributed by atoms with Gasteiger partial charge in [-0.1, -0.05) is 0 Å². The minimum Gasteiger partial charge on any atom is -0.508 e. The number of nitrogens with one attached hydrogen (secondary N) is 1. The standard InChI is InChI=1S/C21H21FN6O2/c1-12(29)7-15-9-17(25-11-24-15)18-10-23-21-6-5-20(27-28(18)21)26-13(2)16-8-14(22)3-4-19(16)30/h3-6,8-13,29-30H,7H2,1-2H3,(H,26,27)/t12-,13+/m0/s1. The predicted molar refractivity (Wildman–Crippen MR) is 110 cm³/mol. The molecule has 3 heterocycles. The summed E-state index contributed by atoms with van der Waals surface area (Å²) in [6.45, 7) is 3.51. The predicted octanol–water partition coefficient (Wildman–Crippen LogP) is 3.13. The van der Waals surface area contributed by atoms with Crippen LogP contribution in [0.2, 0.25) is 0 Å². The van der Waals surface area contributed by atoms with Crippen LogP contribution in [-0.4, -0.2) is 40.9 Å². The summed E-state index contributed by atoms with van der Waals surface area (Å²) in [5.41, 5.74) is 3.08. The summed E-state index contributed by atoms with van der Waals surface area (Å²) in [5, 5.41) is 27.4. The fraction of sp³-hybridized carbons (Fsp3) is 0.238. The molecule has 0 saturated heterocycles. The minimum absolute atomic E-state index is 0.00687. The maximum absolute atomic E-state index is 13.6. The molecule has 4 aromatic rings. The number of rotatable bonds is 6. The van der Waals surface area contributed by atoms with Crippen molar-refractivity contribution in [2.24, 2.45) is 0 Å². The van der Waals surface area contributed by atoms with Gasteiger partial charge in [0.1, 0.15) is 29.4 Å². The number of aliphatic hydroxyl groups excluding tert-OH is 1. The van der Waals surface area contributed by atoms with Crippen LogP contribution in [0.15, 0.2) is 48.9 Å². The Bertz CT molecular complexity index is 1190. The zero-order valence-electron chi connectivity index (χ0n) is 16.5. The number of halogens is 1. The maximum atomic E-state index is 13.6. The van der Waals surface area contributed by atoms with Gasteiger partial charge in [0.05, 0.1) is 24.0 Å². The molecular weight excluding hydrogens is 387 g/mol. The highest BCUT2D eigenvalue weighted by Crippen LogP contribution is 2.27. The Balaban J connectivity index is 1.66. The van der Waals surface area contributed by atoms with Crippen LogP contribution in [0.3, 0.4) is 0 Å². The zero-order chi connectivity index (χ0) is 21.3. The quantitative estimate of drug-likeness (QED) is 0.450. The second-order valence-corrected chi connectivity index (χ2v) is 7.15. The van der Waals surface area contributed by atoms with E-state index in [-0.39, 0.29) is 11.8 Å².